The Bertz CT molecular complexity index is 1370. The van der Waals surface area contributed by atoms with Gasteiger partial charge >= 0.3 is 0 Å². The van der Waals surface area contributed by atoms with Crippen molar-refractivity contribution in [2.75, 3.05) is 6.61 Å². The summed E-state index contributed by atoms with van der Waals surface area (Å²) in [5.74, 6) is 1.83. The summed E-state index contributed by atoms with van der Waals surface area (Å²) in [6, 6.07) is 34.8. The first-order valence-corrected chi connectivity index (χ1v) is 11.9. The number of nitrogens with one attached hydrogen (secondary N) is 2. The Labute approximate surface area is 209 Å². The lowest BCUT2D eigenvalue weighted by Crippen LogP contribution is -2.34. The number of carbonyl (C=O) groups excluding carboxylic acids is 1. The number of aromatic amines is 1. The molecule has 5 aromatic rings. The molecule has 0 unspecified atom stereocenters. The average Bonchev–Trinajstić information content (AvgIpc) is 3.37. The molecule has 0 aliphatic rings. The minimum absolute atomic E-state index is 0.101. The van der Waals surface area contributed by atoms with Crippen LogP contribution in [0.4, 0.5) is 0 Å². The van der Waals surface area contributed by atoms with Crippen molar-refractivity contribution in [2.24, 2.45) is 0 Å². The van der Waals surface area contributed by atoms with E-state index in [-0.39, 0.29) is 18.6 Å². The van der Waals surface area contributed by atoms with Gasteiger partial charge in [-0.2, -0.15) is 0 Å². The quantitative estimate of drug-likeness (QED) is 0.274. The van der Waals surface area contributed by atoms with Crippen LogP contribution in [-0.2, 0) is 17.8 Å². The van der Waals surface area contributed by atoms with Gasteiger partial charge in [-0.3, -0.25) is 4.79 Å². The number of H-pyrrole nitrogens is 1. The van der Waals surface area contributed by atoms with E-state index in [0.717, 1.165) is 27.9 Å². The van der Waals surface area contributed by atoms with Crippen molar-refractivity contribution in [1.82, 2.24) is 15.3 Å². The molecule has 1 atom stereocenters. The van der Waals surface area contributed by atoms with Crippen LogP contribution in [0.5, 0.6) is 11.5 Å². The molecule has 6 heteroatoms. The zero-order chi connectivity index (χ0) is 24.6. The van der Waals surface area contributed by atoms with Crippen molar-refractivity contribution < 1.29 is 14.3 Å². The van der Waals surface area contributed by atoms with Crippen LogP contribution in [0, 0.1) is 0 Å². The number of amides is 1. The number of fused-ring (bicyclic) bond motifs is 1. The monoisotopic (exact) mass is 477 g/mol. The smallest absolute Gasteiger partial charge is 0.258 e. The van der Waals surface area contributed by atoms with Crippen LogP contribution in [0.15, 0.2) is 109 Å². The minimum Gasteiger partial charge on any atom is -0.489 e. The van der Waals surface area contributed by atoms with Gasteiger partial charge < -0.3 is 19.8 Å². The Morgan fingerprint density at radius 3 is 2.06 bits per heavy atom. The van der Waals surface area contributed by atoms with Crippen molar-refractivity contribution in [3.8, 4) is 11.5 Å². The maximum Gasteiger partial charge on any atom is 0.258 e. The van der Waals surface area contributed by atoms with Gasteiger partial charge in [0.05, 0.1) is 17.1 Å². The number of benzene rings is 4. The molecule has 4 aromatic carbocycles. The SMILES string of the molecule is O=C(COc1ccc(OCc2ccccc2)cc1)N[C@@H](Cc1ccccc1)c1nc2ccccc2[nH]1. The number of rotatable bonds is 10. The van der Waals surface area contributed by atoms with Crippen LogP contribution < -0.4 is 14.8 Å². The second-order valence-corrected chi connectivity index (χ2v) is 8.48. The van der Waals surface area contributed by atoms with Crippen molar-refractivity contribution in [1.29, 1.82) is 0 Å². The number of aromatic nitrogens is 2. The third kappa shape index (κ3) is 6.10. The zero-order valence-electron chi connectivity index (χ0n) is 19.8. The van der Waals surface area contributed by atoms with Gasteiger partial charge in [0.1, 0.15) is 23.9 Å². The van der Waals surface area contributed by atoms with Gasteiger partial charge in [-0.05, 0) is 53.9 Å². The molecule has 2 N–H and O–H groups in total. The number of imidazole rings is 1. The molecule has 0 spiro atoms. The Morgan fingerprint density at radius 2 is 1.36 bits per heavy atom. The summed E-state index contributed by atoms with van der Waals surface area (Å²) in [4.78, 5) is 20.9. The normalized spacial score (nSPS) is 11.7. The number of hydrogen-bond acceptors (Lipinski definition) is 4. The average molecular weight is 478 g/mol. The first kappa shape index (κ1) is 23.2. The predicted molar refractivity (Wildman–Crippen MR) is 140 cm³/mol. The third-order valence-electron chi connectivity index (χ3n) is 5.80. The highest BCUT2D eigenvalue weighted by Crippen LogP contribution is 2.21. The molecule has 1 heterocycles. The number of nitrogens with zero attached hydrogens (tertiary/aromatic N) is 1. The van der Waals surface area contributed by atoms with Gasteiger partial charge in [-0.15, -0.1) is 0 Å². The second-order valence-electron chi connectivity index (χ2n) is 8.48. The molecule has 1 aromatic heterocycles. The van der Waals surface area contributed by atoms with E-state index in [1.165, 1.54) is 0 Å². The summed E-state index contributed by atoms with van der Waals surface area (Å²) in [6.45, 7) is 0.393. The molecule has 0 bridgehead atoms. The zero-order valence-corrected chi connectivity index (χ0v) is 19.8. The highest BCUT2D eigenvalue weighted by molar-refractivity contribution is 5.78. The molecule has 0 fully saturated rings. The van der Waals surface area contributed by atoms with Crippen molar-refractivity contribution in [3.63, 3.8) is 0 Å². The summed E-state index contributed by atoms with van der Waals surface area (Å²) >= 11 is 0. The topological polar surface area (TPSA) is 76.2 Å². The summed E-state index contributed by atoms with van der Waals surface area (Å²) in [6.07, 6.45) is 0.611. The summed E-state index contributed by atoms with van der Waals surface area (Å²) in [5.41, 5.74) is 4.01. The van der Waals surface area contributed by atoms with Gasteiger partial charge in [-0.25, -0.2) is 4.98 Å². The van der Waals surface area contributed by atoms with Crippen molar-refractivity contribution in [3.05, 3.63) is 126 Å². The molecule has 5 rings (SSSR count). The molecular formula is C30H27N3O3. The van der Waals surface area contributed by atoms with Gasteiger partial charge in [0, 0.05) is 0 Å². The van der Waals surface area contributed by atoms with E-state index in [0.29, 0.717) is 24.6 Å². The predicted octanol–water partition coefficient (Wildman–Crippen LogP) is 5.62. The molecule has 0 aliphatic heterocycles. The largest absolute Gasteiger partial charge is 0.489 e. The van der Waals surface area contributed by atoms with Crippen LogP contribution in [0.2, 0.25) is 0 Å². The third-order valence-corrected chi connectivity index (χ3v) is 5.80. The van der Waals surface area contributed by atoms with Crippen LogP contribution in [0.1, 0.15) is 23.0 Å². The lowest BCUT2D eigenvalue weighted by Gasteiger charge is -2.17. The molecule has 1 amide bonds. The van der Waals surface area contributed by atoms with Crippen molar-refractivity contribution >= 4 is 16.9 Å². The van der Waals surface area contributed by atoms with Crippen molar-refractivity contribution in [2.45, 2.75) is 19.1 Å². The van der Waals surface area contributed by atoms with E-state index in [9.17, 15) is 4.79 Å². The van der Waals surface area contributed by atoms with Gasteiger partial charge in [0.15, 0.2) is 6.61 Å². The Balaban J connectivity index is 1.20. The molecule has 0 radical (unpaired) electrons. The molecule has 36 heavy (non-hydrogen) atoms. The maximum atomic E-state index is 12.8. The van der Waals surface area contributed by atoms with E-state index in [2.05, 4.69) is 10.3 Å². The number of ether oxygens (including phenoxy) is 2. The molecule has 6 nitrogen and oxygen atoms in total. The number of para-hydroxylation sites is 2. The standard InChI is InChI=1S/C30H27N3O3/c34-29(21-36-25-17-15-24(16-18-25)35-20-23-11-5-2-6-12-23)31-28(19-22-9-3-1-4-10-22)30-32-26-13-7-8-14-27(26)33-30/h1-18,28H,19-21H2,(H,31,34)(H,32,33)/t28-/m0/s1. The molecule has 0 aliphatic carbocycles. The molecular weight excluding hydrogens is 450 g/mol. The first-order valence-electron chi connectivity index (χ1n) is 11.9. The van der Waals surface area contributed by atoms with E-state index >= 15 is 0 Å². The first-order chi connectivity index (χ1) is 17.7. The Hall–Kier alpha value is -4.58. The van der Waals surface area contributed by atoms with E-state index in [1.54, 1.807) is 12.1 Å². The van der Waals surface area contributed by atoms with Gasteiger partial charge in [0.2, 0.25) is 0 Å². The summed E-state index contributed by atoms with van der Waals surface area (Å²) in [7, 11) is 0. The van der Waals surface area contributed by atoms with Crippen LogP contribution in [-0.4, -0.2) is 22.5 Å². The molecule has 0 saturated carbocycles. The lowest BCUT2D eigenvalue weighted by molar-refractivity contribution is -0.123. The summed E-state index contributed by atoms with van der Waals surface area (Å²) < 4.78 is 11.5. The molecule has 180 valence electrons. The molecule has 0 saturated heterocycles. The van der Waals surface area contributed by atoms with Crippen LogP contribution in [0.25, 0.3) is 11.0 Å². The Morgan fingerprint density at radius 1 is 0.750 bits per heavy atom. The number of hydrogen-bond donors (Lipinski definition) is 2. The highest BCUT2D eigenvalue weighted by Gasteiger charge is 2.19. The van der Waals surface area contributed by atoms with Crippen LogP contribution >= 0.6 is 0 Å². The number of carbonyl (C=O) groups is 1. The fourth-order valence-corrected chi connectivity index (χ4v) is 3.96. The van der Waals surface area contributed by atoms with E-state index < -0.39 is 0 Å². The summed E-state index contributed by atoms with van der Waals surface area (Å²) in [5, 5.41) is 3.08. The minimum atomic E-state index is -0.315. The fourth-order valence-electron chi connectivity index (χ4n) is 3.96. The Kier molecular flexibility index (Phi) is 7.23. The lowest BCUT2D eigenvalue weighted by atomic mass is 10.1. The maximum absolute atomic E-state index is 12.8. The van der Waals surface area contributed by atoms with Gasteiger partial charge in [0.25, 0.3) is 5.91 Å². The van der Waals surface area contributed by atoms with E-state index in [1.807, 2.05) is 97.1 Å². The van der Waals surface area contributed by atoms with Crippen LogP contribution in [0.3, 0.4) is 0 Å². The fraction of sp³-hybridized carbons (Fsp3) is 0.133. The van der Waals surface area contributed by atoms with Gasteiger partial charge in [-0.1, -0.05) is 72.8 Å². The highest BCUT2D eigenvalue weighted by atomic mass is 16.5. The second kappa shape index (κ2) is 11.2. The van der Waals surface area contributed by atoms with E-state index in [4.69, 9.17) is 14.5 Å².